The SMILES string of the molecule is CN(Cc1ccccc1Br)C(=O)CSc1nnc(-c2ccncc2)n1C. The van der Waals surface area contributed by atoms with Gasteiger partial charge in [-0.2, -0.15) is 0 Å². The van der Waals surface area contributed by atoms with Crippen molar-refractivity contribution in [2.24, 2.45) is 7.05 Å². The summed E-state index contributed by atoms with van der Waals surface area (Å²) in [6.07, 6.45) is 3.44. The second-order valence-corrected chi connectivity index (χ2v) is 7.53. The lowest BCUT2D eigenvalue weighted by Crippen LogP contribution is -2.28. The molecule has 3 aromatic rings. The third kappa shape index (κ3) is 4.31. The van der Waals surface area contributed by atoms with Gasteiger partial charge < -0.3 is 9.47 Å². The van der Waals surface area contributed by atoms with E-state index < -0.39 is 0 Å². The van der Waals surface area contributed by atoms with E-state index in [1.165, 1.54) is 11.8 Å². The van der Waals surface area contributed by atoms with Gasteiger partial charge in [0.25, 0.3) is 0 Å². The lowest BCUT2D eigenvalue weighted by molar-refractivity contribution is -0.127. The van der Waals surface area contributed by atoms with Crippen LogP contribution in [0.3, 0.4) is 0 Å². The number of halogens is 1. The maximum absolute atomic E-state index is 12.4. The summed E-state index contributed by atoms with van der Waals surface area (Å²) >= 11 is 4.90. The van der Waals surface area contributed by atoms with Crippen molar-refractivity contribution in [3.8, 4) is 11.4 Å². The van der Waals surface area contributed by atoms with Crippen molar-refractivity contribution in [3.63, 3.8) is 0 Å². The average molecular weight is 432 g/mol. The van der Waals surface area contributed by atoms with Crippen LogP contribution in [0.25, 0.3) is 11.4 Å². The molecule has 134 valence electrons. The van der Waals surface area contributed by atoms with Crippen molar-refractivity contribution in [3.05, 3.63) is 58.8 Å². The molecule has 2 heterocycles. The minimum absolute atomic E-state index is 0.0409. The van der Waals surface area contributed by atoms with Gasteiger partial charge in [-0.25, -0.2) is 0 Å². The maximum Gasteiger partial charge on any atom is 0.233 e. The molecule has 8 heteroatoms. The van der Waals surface area contributed by atoms with E-state index in [4.69, 9.17) is 0 Å². The minimum atomic E-state index is 0.0409. The molecular weight excluding hydrogens is 414 g/mol. The molecule has 0 aliphatic rings. The normalized spacial score (nSPS) is 10.7. The quantitative estimate of drug-likeness (QED) is 0.559. The highest BCUT2D eigenvalue weighted by Gasteiger charge is 2.15. The molecule has 1 aromatic carbocycles. The van der Waals surface area contributed by atoms with Crippen LogP contribution in [0.5, 0.6) is 0 Å². The van der Waals surface area contributed by atoms with Crippen LogP contribution < -0.4 is 0 Å². The number of benzene rings is 1. The van der Waals surface area contributed by atoms with E-state index in [-0.39, 0.29) is 5.91 Å². The summed E-state index contributed by atoms with van der Waals surface area (Å²) in [6, 6.07) is 11.7. The largest absolute Gasteiger partial charge is 0.341 e. The molecule has 0 fully saturated rings. The zero-order valence-electron chi connectivity index (χ0n) is 14.5. The summed E-state index contributed by atoms with van der Waals surface area (Å²) in [4.78, 5) is 18.2. The summed E-state index contributed by atoms with van der Waals surface area (Å²) in [7, 11) is 3.70. The Morgan fingerprint density at radius 3 is 2.65 bits per heavy atom. The van der Waals surface area contributed by atoms with E-state index in [1.807, 2.05) is 48.0 Å². The third-order valence-corrected chi connectivity index (χ3v) is 5.67. The number of amides is 1. The van der Waals surface area contributed by atoms with Gasteiger partial charge in [0, 0.05) is 43.1 Å². The van der Waals surface area contributed by atoms with E-state index in [0.717, 1.165) is 21.4 Å². The highest BCUT2D eigenvalue weighted by molar-refractivity contribution is 9.10. The molecule has 1 amide bonds. The number of aromatic nitrogens is 4. The highest BCUT2D eigenvalue weighted by Crippen LogP contribution is 2.23. The lowest BCUT2D eigenvalue weighted by Gasteiger charge is -2.17. The van der Waals surface area contributed by atoms with Gasteiger partial charge >= 0.3 is 0 Å². The molecular formula is C18H18BrN5OS. The molecule has 0 saturated heterocycles. The molecule has 0 aliphatic heterocycles. The molecule has 26 heavy (non-hydrogen) atoms. The lowest BCUT2D eigenvalue weighted by atomic mass is 10.2. The summed E-state index contributed by atoms with van der Waals surface area (Å²) in [5.74, 6) is 1.10. The topological polar surface area (TPSA) is 63.9 Å². The van der Waals surface area contributed by atoms with E-state index in [1.54, 1.807) is 24.3 Å². The molecule has 0 aliphatic carbocycles. The number of carbonyl (C=O) groups is 1. The van der Waals surface area contributed by atoms with Crippen molar-refractivity contribution in [1.82, 2.24) is 24.6 Å². The predicted molar refractivity (Wildman–Crippen MR) is 106 cm³/mol. The first-order chi connectivity index (χ1) is 12.6. The molecule has 0 atom stereocenters. The molecule has 0 spiro atoms. The zero-order chi connectivity index (χ0) is 18.5. The smallest absolute Gasteiger partial charge is 0.233 e. The van der Waals surface area contributed by atoms with Crippen LogP contribution in [-0.4, -0.2) is 43.4 Å². The second-order valence-electron chi connectivity index (χ2n) is 5.73. The van der Waals surface area contributed by atoms with Gasteiger partial charge in [0.2, 0.25) is 5.91 Å². The van der Waals surface area contributed by atoms with Gasteiger partial charge in [0.1, 0.15) is 0 Å². The summed E-state index contributed by atoms with van der Waals surface area (Å²) < 4.78 is 2.89. The van der Waals surface area contributed by atoms with Crippen molar-refractivity contribution < 1.29 is 4.79 Å². The number of pyridine rings is 1. The van der Waals surface area contributed by atoms with Gasteiger partial charge in [0.15, 0.2) is 11.0 Å². The van der Waals surface area contributed by atoms with Crippen molar-refractivity contribution >= 4 is 33.6 Å². The minimum Gasteiger partial charge on any atom is -0.341 e. The van der Waals surface area contributed by atoms with Gasteiger partial charge in [0.05, 0.1) is 5.75 Å². The number of thioether (sulfide) groups is 1. The number of carbonyl (C=O) groups excluding carboxylic acids is 1. The van der Waals surface area contributed by atoms with Gasteiger partial charge in [-0.1, -0.05) is 45.9 Å². The Labute approximate surface area is 164 Å². The van der Waals surface area contributed by atoms with E-state index in [0.29, 0.717) is 17.5 Å². The Morgan fingerprint density at radius 1 is 1.19 bits per heavy atom. The second kappa shape index (κ2) is 8.46. The first-order valence-corrected chi connectivity index (χ1v) is 9.74. The highest BCUT2D eigenvalue weighted by atomic mass is 79.9. The van der Waals surface area contributed by atoms with Gasteiger partial charge in [-0.05, 0) is 23.8 Å². The Bertz CT molecular complexity index is 900. The zero-order valence-corrected chi connectivity index (χ0v) is 16.9. The van der Waals surface area contributed by atoms with E-state index in [9.17, 15) is 4.79 Å². The monoisotopic (exact) mass is 431 g/mol. The fraction of sp³-hybridized carbons (Fsp3) is 0.222. The molecule has 0 unspecified atom stereocenters. The molecule has 0 saturated carbocycles. The van der Waals surface area contributed by atoms with Crippen LogP contribution in [0.1, 0.15) is 5.56 Å². The Balaban J connectivity index is 1.61. The number of hydrogen-bond donors (Lipinski definition) is 0. The van der Waals surface area contributed by atoms with Crippen LogP contribution in [0.4, 0.5) is 0 Å². The summed E-state index contributed by atoms with van der Waals surface area (Å²) in [5.41, 5.74) is 2.02. The van der Waals surface area contributed by atoms with Crippen LogP contribution in [0.15, 0.2) is 58.4 Å². The maximum atomic E-state index is 12.4. The molecule has 6 nitrogen and oxygen atoms in total. The fourth-order valence-corrected chi connectivity index (χ4v) is 3.66. The predicted octanol–water partition coefficient (Wildman–Crippen LogP) is 3.39. The Hall–Kier alpha value is -2.19. The number of rotatable bonds is 6. The summed E-state index contributed by atoms with van der Waals surface area (Å²) in [5, 5.41) is 9.13. The first-order valence-electron chi connectivity index (χ1n) is 7.96. The molecule has 0 radical (unpaired) electrons. The number of hydrogen-bond acceptors (Lipinski definition) is 5. The van der Waals surface area contributed by atoms with Crippen LogP contribution in [0.2, 0.25) is 0 Å². The molecule has 0 N–H and O–H groups in total. The van der Waals surface area contributed by atoms with Crippen LogP contribution in [0, 0.1) is 0 Å². The average Bonchev–Trinajstić information content (AvgIpc) is 3.03. The van der Waals surface area contributed by atoms with E-state index in [2.05, 4.69) is 31.1 Å². The third-order valence-electron chi connectivity index (χ3n) is 3.89. The standard InChI is InChI=1S/C18H18BrN5OS/c1-23(11-14-5-3-4-6-15(14)19)16(25)12-26-18-22-21-17(24(18)2)13-7-9-20-10-8-13/h3-10H,11-12H2,1-2H3. The van der Waals surface area contributed by atoms with Crippen molar-refractivity contribution in [2.75, 3.05) is 12.8 Å². The van der Waals surface area contributed by atoms with Gasteiger partial charge in [-0.15, -0.1) is 10.2 Å². The number of nitrogens with zero attached hydrogens (tertiary/aromatic N) is 5. The summed E-state index contributed by atoms with van der Waals surface area (Å²) in [6.45, 7) is 0.557. The van der Waals surface area contributed by atoms with Crippen molar-refractivity contribution in [1.29, 1.82) is 0 Å². The molecule has 3 rings (SSSR count). The first kappa shape index (κ1) is 18.6. The Kier molecular flexibility index (Phi) is 6.05. The van der Waals surface area contributed by atoms with Crippen LogP contribution >= 0.6 is 27.7 Å². The molecule has 2 aromatic heterocycles. The fourth-order valence-electron chi connectivity index (χ4n) is 2.40. The van der Waals surface area contributed by atoms with Gasteiger partial charge in [-0.3, -0.25) is 9.78 Å². The van der Waals surface area contributed by atoms with Crippen LogP contribution in [-0.2, 0) is 18.4 Å². The van der Waals surface area contributed by atoms with E-state index >= 15 is 0 Å². The van der Waals surface area contributed by atoms with Crippen molar-refractivity contribution in [2.45, 2.75) is 11.7 Å². The Morgan fingerprint density at radius 2 is 1.92 bits per heavy atom. The molecule has 0 bridgehead atoms.